The van der Waals surface area contributed by atoms with Gasteiger partial charge >= 0.3 is 5.97 Å². The molecule has 0 radical (unpaired) electrons. The van der Waals surface area contributed by atoms with Crippen molar-refractivity contribution in [2.75, 3.05) is 13.4 Å². The molecule has 8 heteroatoms. The van der Waals surface area contributed by atoms with Crippen molar-refractivity contribution in [1.29, 1.82) is 0 Å². The van der Waals surface area contributed by atoms with E-state index in [0.717, 1.165) is 16.9 Å². The quantitative estimate of drug-likeness (QED) is 0.632. The molecule has 0 bridgehead atoms. The molecule has 30 heavy (non-hydrogen) atoms. The molecule has 4 rings (SSSR count). The second-order valence-corrected chi connectivity index (χ2v) is 6.91. The second-order valence-electron chi connectivity index (χ2n) is 6.91. The molecular formula is C22H21N3O5. The molecule has 0 saturated heterocycles. The van der Waals surface area contributed by atoms with Gasteiger partial charge in [-0.2, -0.15) is 5.10 Å². The first kappa shape index (κ1) is 19.5. The van der Waals surface area contributed by atoms with E-state index in [1.165, 1.54) is 0 Å². The monoisotopic (exact) mass is 407 g/mol. The van der Waals surface area contributed by atoms with Crippen molar-refractivity contribution in [3.05, 3.63) is 71.5 Å². The molecule has 8 nitrogen and oxygen atoms in total. The summed E-state index contributed by atoms with van der Waals surface area (Å²) in [5, 5.41) is 7.03. The van der Waals surface area contributed by atoms with Crippen LogP contribution in [0.1, 0.15) is 34.6 Å². The normalized spacial score (nSPS) is 13.0. The van der Waals surface area contributed by atoms with E-state index in [9.17, 15) is 9.59 Å². The maximum Gasteiger partial charge on any atom is 0.338 e. The predicted octanol–water partition coefficient (Wildman–Crippen LogP) is 2.94. The van der Waals surface area contributed by atoms with Gasteiger partial charge in [0, 0.05) is 11.9 Å². The van der Waals surface area contributed by atoms with E-state index < -0.39 is 11.9 Å². The van der Waals surface area contributed by atoms with Crippen LogP contribution in [0.5, 0.6) is 11.5 Å². The Morgan fingerprint density at radius 2 is 1.90 bits per heavy atom. The summed E-state index contributed by atoms with van der Waals surface area (Å²) in [4.78, 5) is 24.4. The van der Waals surface area contributed by atoms with Crippen molar-refractivity contribution in [1.82, 2.24) is 15.1 Å². The summed E-state index contributed by atoms with van der Waals surface area (Å²) < 4.78 is 17.5. The second kappa shape index (κ2) is 8.28. The third-order valence-electron chi connectivity index (χ3n) is 4.79. The van der Waals surface area contributed by atoms with Crippen LogP contribution in [0.15, 0.2) is 54.7 Å². The number of fused-ring (bicyclic) bond motifs is 1. The number of rotatable bonds is 6. The summed E-state index contributed by atoms with van der Waals surface area (Å²) in [6.45, 7) is 3.61. The third kappa shape index (κ3) is 4.12. The van der Waals surface area contributed by atoms with Gasteiger partial charge in [0.15, 0.2) is 18.1 Å². The number of carbonyl (C=O) groups is 2. The van der Waals surface area contributed by atoms with E-state index in [0.29, 0.717) is 17.1 Å². The Labute approximate surface area is 173 Å². The molecule has 1 amide bonds. The van der Waals surface area contributed by atoms with Crippen LogP contribution in [0.25, 0.3) is 5.69 Å². The number of hydrogen-bond donors (Lipinski definition) is 1. The van der Waals surface area contributed by atoms with E-state index in [1.807, 2.05) is 32.0 Å². The minimum absolute atomic E-state index is 0.192. The lowest BCUT2D eigenvalue weighted by atomic mass is 10.1. The van der Waals surface area contributed by atoms with Crippen LogP contribution in [0, 0.1) is 6.92 Å². The van der Waals surface area contributed by atoms with E-state index in [-0.39, 0.29) is 19.4 Å². The van der Waals surface area contributed by atoms with Crippen molar-refractivity contribution < 1.29 is 23.8 Å². The molecule has 1 aliphatic heterocycles. The topological polar surface area (TPSA) is 91.7 Å². The van der Waals surface area contributed by atoms with E-state index in [4.69, 9.17) is 14.2 Å². The zero-order chi connectivity index (χ0) is 21.1. The van der Waals surface area contributed by atoms with Gasteiger partial charge in [-0.3, -0.25) is 4.79 Å². The lowest BCUT2D eigenvalue weighted by molar-refractivity contribution is -0.124. The van der Waals surface area contributed by atoms with Crippen molar-refractivity contribution in [2.24, 2.45) is 0 Å². The molecule has 1 N–H and O–H groups in total. The molecule has 1 aliphatic rings. The maximum atomic E-state index is 12.2. The fourth-order valence-corrected chi connectivity index (χ4v) is 3.14. The van der Waals surface area contributed by atoms with Crippen LogP contribution in [0.2, 0.25) is 0 Å². The zero-order valence-electron chi connectivity index (χ0n) is 16.6. The number of aryl methyl sites for hydroxylation is 1. The van der Waals surface area contributed by atoms with Gasteiger partial charge in [-0.1, -0.05) is 6.07 Å². The number of nitrogens with zero attached hydrogens (tertiary/aromatic N) is 2. The smallest absolute Gasteiger partial charge is 0.338 e. The van der Waals surface area contributed by atoms with Gasteiger partial charge in [0.1, 0.15) is 0 Å². The Bertz CT molecular complexity index is 1070. The lowest BCUT2D eigenvalue weighted by Gasteiger charge is -2.15. The van der Waals surface area contributed by atoms with Crippen molar-refractivity contribution in [3.63, 3.8) is 0 Å². The van der Waals surface area contributed by atoms with Crippen LogP contribution in [0.4, 0.5) is 0 Å². The molecule has 0 aliphatic carbocycles. The third-order valence-corrected chi connectivity index (χ3v) is 4.79. The number of aromatic nitrogens is 2. The summed E-state index contributed by atoms with van der Waals surface area (Å²) in [5.74, 6) is 0.371. The predicted molar refractivity (Wildman–Crippen MR) is 108 cm³/mol. The minimum Gasteiger partial charge on any atom is -0.454 e. The molecule has 0 spiro atoms. The number of nitrogens with one attached hydrogen (secondary N) is 1. The van der Waals surface area contributed by atoms with Crippen molar-refractivity contribution >= 4 is 11.9 Å². The number of carbonyl (C=O) groups excluding carboxylic acids is 2. The Kier molecular flexibility index (Phi) is 5.38. The van der Waals surface area contributed by atoms with Crippen molar-refractivity contribution in [2.45, 2.75) is 19.9 Å². The minimum atomic E-state index is -0.565. The summed E-state index contributed by atoms with van der Waals surface area (Å²) >= 11 is 0. The highest BCUT2D eigenvalue weighted by Crippen LogP contribution is 2.34. The van der Waals surface area contributed by atoms with Gasteiger partial charge in [0.25, 0.3) is 5.91 Å². The van der Waals surface area contributed by atoms with Gasteiger partial charge in [0.05, 0.1) is 17.3 Å². The van der Waals surface area contributed by atoms with Gasteiger partial charge in [0.2, 0.25) is 6.79 Å². The van der Waals surface area contributed by atoms with Gasteiger partial charge in [-0.15, -0.1) is 0 Å². The Morgan fingerprint density at radius 3 is 2.63 bits per heavy atom. The Morgan fingerprint density at radius 1 is 1.13 bits per heavy atom. The SMILES string of the molecule is Cc1ccnn1-c1ccc(C(=O)OCC(=O)N[C@H](C)c2ccc3c(c2)OCO3)cc1. The molecular weight excluding hydrogens is 386 g/mol. The molecule has 0 fully saturated rings. The number of hydrogen-bond acceptors (Lipinski definition) is 6. The van der Waals surface area contributed by atoms with Crippen LogP contribution >= 0.6 is 0 Å². The van der Waals surface area contributed by atoms with E-state index in [1.54, 1.807) is 41.2 Å². The number of esters is 1. The van der Waals surface area contributed by atoms with Crippen LogP contribution in [-0.2, 0) is 9.53 Å². The summed E-state index contributed by atoms with van der Waals surface area (Å²) in [6.07, 6.45) is 1.71. The van der Waals surface area contributed by atoms with E-state index in [2.05, 4.69) is 10.4 Å². The maximum absolute atomic E-state index is 12.2. The summed E-state index contributed by atoms with van der Waals surface area (Å²) in [5.41, 5.74) is 3.05. The molecule has 1 atom stereocenters. The number of ether oxygens (including phenoxy) is 3. The lowest BCUT2D eigenvalue weighted by Crippen LogP contribution is -2.31. The molecule has 1 aromatic heterocycles. The average Bonchev–Trinajstić information content (AvgIpc) is 3.40. The first-order valence-electron chi connectivity index (χ1n) is 9.48. The zero-order valence-corrected chi connectivity index (χ0v) is 16.6. The largest absolute Gasteiger partial charge is 0.454 e. The highest BCUT2D eigenvalue weighted by molar-refractivity contribution is 5.91. The molecule has 154 valence electrons. The fourth-order valence-electron chi connectivity index (χ4n) is 3.14. The standard InChI is InChI=1S/C22H21N3O5/c1-14-9-10-23-25(14)18-6-3-16(4-7-18)22(27)28-12-21(26)24-15(2)17-5-8-19-20(11-17)30-13-29-19/h3-11,15H,12-13H2,1-2H3,(H,24,26)/t15-/m1/s1. The summed E-state index contributed by atoms with van der Waals surface area (Å²) in [6, 6.07) is 13.9. The highest BCUT2D eigenvalue weighted by Gasteiger charge is 2.18. The van der Waals surface area contributed by atoms with Crippen LogP contribution in [0.3, 0.4) is 0 Å². The number of amides is 1. The molecule has 3 aromatic rings. The first-order chi connectivity index (χ1) is 14.5. The average molecular weight is 407 g/mol. The fraction of sp³-hybridized carbons (Fsp3) is 0.227. The first-order valence-corrected chi connectivity index (χ1v) is 9.48. The van der Waals surface area contributed by atoms with Crippen molar-refractivity contribution in [3.8, 4) is 17.2 Å². The van der Waals surface area contributed by atoms with Crippen LogP contribution in [-0.4, -0.2) is 35.1 Å². The summed E-state index contributed by atoms with van der Waals surface area (Å²) in [7, 11) is 0. The Balaban J connectivity index is 1.30. The Hall–Kier alpha value is -3.81. The van der Waals surface area contributed by atoms with Crippen LogP contribution < -0.4 is 14.8 Å². The molecule has 2 heterocycles. The van der Waals surface area contributed by atoms with Gasteiger partial charge in [-0.25, -0.2) is 9.48 Å². The molecule has 0 unspecified atom stereocenters. The molecule has 2 aromatic carbocycles. The highest BCUT2D eigenvalue weighted by atomic mass is 16.7. The van der Waals surface area contributed by atoms with Gasteiger partial charge < -0.3 is 19.5 Å². The van der Waals surface area contributed by atoms with Gasteiger partial charge in [-0.05, 0) is 61.9 Å². The molecule has 0 saturated carbocycles. The van der Waals surface area contributed by atoms with E-state index >= 15 is 0 Å². The number of benzene rings is 2.